The molecule has 0 unspecified atom stereocenters. The summed E-state index contributed by atoms with van der Waals surface area (Å²) in [5, 5.41) is 18.1. The van der Waals surface area contributed by atoms with Gasteiger partial charge in [0.25, 0.3) is 0 Å². The highest BCUT2D eigenvalue weighted by Crippen LogP contribution is 2.31. The van der Waals surface area contributed by atoms with Gasteiger partial charge in [-0.15, -0.1) is 0 Å². The lowest BCUT2D eigenvalue weighted by atomic mass is 9.97. The fourth-order valence-corrected chi connectivity index (χ4v) is 4.53. The summed E-state index contributed by atoms with van der Waals surface area (Å²) < 4.78 is 9.12. The van der Waals surface area contributed by atoms with Crippen molar-refractivity contribution in [2.24, 2.45) is 5.92 Å². The van der Waals surface area contributed by atoms with Crippen LogP contribution in [-0.4, -0.2) is 74.8 Å². The van der Waals surface area contributed by atoms with E-state index in [1.807, 2.05) is 34.2 Å². The van der Waals surface area contributed by atoms with E-state index in [0.29, 0.717) is 43.0 Å². The van der Waals surface area contributed by atoms with Gasteiger partial charge in [0.15, 0.2) is 0 Å². The Bertz CT molecular complexity index is 1210. The minimum absolute atomic E-state index is 0.0539. The highest BCUT2D eigenvalue weighted by atomic mass is 16.5. The van der Waals surface area contributed by atoms with E-state index < -0.39 is 0 Å². The molecule has 10 heteroatoms. The van der Waals surface area contributed by atoms with Crippen molar-refractivity contribution in [3.63, 3.8) is 0 Å². The van der Waals surface area contributed by atoms with Crippen molar-refractivity contribution in [2.75, 3.05) is 33.3 Å². The van der Waals surface area contributed by atoms with Gasteiger partial charge in [0.1, 0.15) is 22.9 Å². The Morgan fingerprint density at radius 2 is 1.97 bits per heavy atom. The number of nitrogens with zero attached hydrogens (tertiary/aromatic N) is 7. The van der Waals surface area contributed by atoms with E-state index in [9.17, 15) is 14.9 Å². The summed E-state index contributed by atoms with van der Waals surface area (Å²) >= 11 is 0. The molecule has 2 aliphatic heterocycles. The standard InChI is InChI=1S/C22H23N7O3/c1-32-20-6-15(12-29-21(20)16(7-23)8-25-29)17-9-24-28(13-17)19-2-4-27(5-3-19)22(31)18-10-26(11-18)14-30/h6,8-9,12-14,18-19H,2-5,10-11H2,1H3. The van der Waals surface area contributed by atoms with E-state index in [1.54, 1.807) is 16.5 Å². The normalized spacial score (nSPS) is 17.2. The summed E-state index contributed by atoms with van der Waals surface area (Å²) in [7, 11) is 1.58. The molecule has 2 aliphatic rings. The summed E-state index contributed by atoms with van der Waals surface area (Å²) in [5.74, 6) is 0.682. The van der Waals surface area contributed by atoms with Crippen LogP contribution in [0, 0.1) is 17.2 Å². The smallest absolute Gasteiger partial charge is 0.229 e. The average molecular weight is 433 g/mol. The van der Waals surface area contributed by atoms with Gasteiger partial charge in [0.2, 0.25) is 12.3 Å². The molecule has 3 aromatic heterocycles. The molecule has 0 spiro atoms. The Hall–Kier alpha value is -3.87. The molecule has 10 nitrogen and oxygen atoms in total. The molecule has 0 atom stereocenters. The van der Waals surface area contributed by atoms with Gasteiger partial charge in [-0.05, 0) is 18.9 Å². The fraction of sp³-hybridized carbons (Fsp3) is 0.409. The molecular weight excluding hydrogens is 410 g/mol. The molecule has 0 saturated carbocycles. The van der Waals surface area contributed by atoms with E-state index in [0.717, 1.165) is 30.4 Å². The first-order valence-corrected chi connectivity index (χ1v) is 10.6. The van der Waals surface area contributed by atoms with Crippen LogP contribution in [0.1, 0.15) is 24.4 Å². The maximum Gasteiger partial charge on any atom is 0.229 e. The molecule has 0 aliphatic carbocycles. The quantitative estimate of drug-likeness (QED) is 0.562. The minimum Gasteiger partial charge on any atom is -0.494 e. The Kier molecular flexibility index (Phi) is 5.01. The van der Waals surface area contributed by atoms with Crippen molar-refractivity contribution in [1.29, 1.82) is 5.26 Å². The topological polar surface area (TPSA) is 109 Å². The van der Waals surface area contributed by atoms with Gasteiger partial charge in [-0.2, -0.15) is 15.5 Å². The summed E-state index contributed by atoms with van der Waals surface area (Å²) in [6.45, 7) is 2.45. The molecule has 0 radical (unpaired) electrons. The second kappa shape index (κ2) is 8.00. The van der Waals surface area contributed by atoms with Crippen LogP contribution >= 0.6 is 0 Å². The van der Waals surface area contributed by atoms with Crippen LogP contribution < -0.4 is 4.74 Å². The van der Waals surface area contributed by atoms with Crippen LogP contribution in [0.3, 0.4) is 0 Å². The van der Waals surface area contributed by atoms with Crippen molar-refractivity contribution < 1.29 is 14.3 Å². The van der Waals surface area contributed by atoms with Gasteiger partial charge >= 0.3 is 0 Å². The SMILES string of the molecule is COc1cc(-c2cnn(C3CCN(C(=O)C4CN(C=O)C4)CC3)c2)cn2ncc(C#N)c12. The van der Waals surface area contributed by atoms with E-state index >= 15 is 0 Å². The van der Waals surface area contributed by atoms with Crippen molar-refractivity contribution in [2.45, 2.75) is 18.9 Å². The van der Waals surface area contributed by atoms with Gasteiger partial charge < -0.3 is 14.5 Å². The first kappa shape index (κ1) is 20.1. The average Bonchev–Trinajstić information content (AvgIpc) is 3.45. The van der Waals surface area contributed by atoms with Crippen molar-refractivity contribution >= 4 is 17.8 Å². The number of hydrogen-bond donors (Lipinski definition) is 0. The molecule has 0 N–H and O–H groups in total. The number of rotatable bonds is 5. The van der Waals surface area contributed by atoms with Gasteiger partial charge in [0, 0.05) is 49.7 Å². The van der Waals surface area contributed by atoms with E-state index in [-0.39, 0.29) is 17.9 Å². The molecule has 0 aromatic carbocycles. The van der Waals surface area contributed by atoms with Crippen molar-refractivity contribution in [1.82, 2.24) is 29.2 Å². The first-order chi connectivity index (χ1) is 15.6. The van der Waals surface area contributed by atoms with Crippen LogP contribution in [0.5, 0.6) is 5.75 Å². The first-order valence-electron chi connectivity index (χ1n) is 10.6. The highest BCUT2D eigenvalue weighted by Gasteiger charge is 2.36. The second-order valence-corrected chi connectivity index (χ2v) is 8.28. The number of amides is 2. The number of likely N-dealkylation sites (tertiary alicyclic amines) is 2. The van der Waals surface area contributed by atoms with Crippen molar-refractivity contribution in [3.05, 3.63) is 36.4 Å². The zero-order valence-electron chi connectivity index (χ0n) is 17.7. The Balaban J connectivity index is 1.28. The number of nitriles is 1. The monoisotopic (exact) mass is 433 g/mol. The van der Waals surface area contributed by atoms with Gasteiger partial charge in [0.05, 0.1) is 31.5 Å². The predicted octanol–water partition coefficient (Wildman–Crippen LogP) is 1.33. The highest BCUT2D eigenvalue weighted by molar-refractivity contribution is 5.81. The third-order valence-corrected chi connectivity index (χ3v) is 6.41. The number of piperidine rings is 1. The van der Waals surface area contributed by atoms with Crippen molar-refractivity contribution in [3.8, 4) is 22.9 Å². The fourth-order valence-electron chi connectivity index (χ4n) is 4.53. The summed E-state index contributed by atoms with van der Waals surface area (Å²) in [4.78, 5) is 26.8. The Morgan fingerprint density at radius 1 is 1.19 bits per heavy atom. The molecule has 32 heavy (non-hydrogen) atoms. The minimum atomic E-state index is -0.0539. The largest absolute Gasteiger partial charge is 0.494 e. The molecule has 164 valence electrons. The van der Waals surface area contributed by atoms with Crippen LogP contribution in [0.25, 0.3) is 16.6 Å². The van der Waals surface area contributed by atoms with E-state index in [4.69, 9.17) is 4.74 Å². The van der Waals surface area contributed by atoms with Gasteiger partial charge in [-0.3, -0.25) is 14.3 Å². The number of fused-ring (bicyclic) bond motifs is 1. The predicted molar refractivity (Wildman–Crippen MR) is 114 cm³/mol. The zero-order valence-corrected chi connectivity index (χ0v) is 17.7. The molecule has 5 rings (SSSR count). The second-order valence-electron chi connectivity index (χ2n) is 8.28. The number of methoxy groups -OCH3 is 1. The maximum atomic E-state index is 12.6. The van der Waals surface area contributed by atoms with Crippen LogP contribution in [-0.2, 0) is 9.59 Å². The molecule has 2 saturated heterocycles. The summed E-state index contributed by atoms with van der Waals surface area (Å²) in [6, 6.07) is 4.25. The molecular formula is C22H23N7O3. The lowest BCUT2D eigenvalue weighted by Gasteiger charge is -2.40. The Morgan fingerprint density at radius 3 is 2.66 bits per heavy atom. The van der Waals surface area contributed by atoms with Crippen LogP contribution in [0.2, 0.25) is 0 Å². The maximum absolute atomic E-state index is 12.6. The van der Waals surface area contributed by atoms with Crippen LogP contribution in [0.4, 0.5) is 0 Å². The van der Waals surface area contributed by atoms with Gasteiger partial charge in [-0.25, -0.2) is 4.52 Å². The summed E-state index contributed by atoms with van der Waals surface area (Å²) in [6.07, 6.45) is 9.69. The van der Waals surface area contributed by atoms with Crippen LogP contribution in [0.15, 0.2) is 30.9 Å². The third-order valence-electron chi connectivity index (χ3n) is 6.41. The number of ether oxygens (including phenoxy) is 1. The zero-order chi connectivity index (χ0) is 22.2. The van der Waals surface area contributed by atoms with E-state index in [2.05, 4.69) is 16.3 Å². The number of aromatic nitrogens is 4. The number of carbonyl (C=O) groups excluding carboxylic acids is 2. The Labute approximate surface area is 184 Å². The summed E-state index contributed by atoms with van der Waals surface area (Å²) in [5.41, 5.74) is 2.93. The molecule has 5 heterocycles. The third kappa shape index (κ3) is 3.36. The number of pyridine rings is 1. The van der Waals surface area contributed by atoms with Gasteiger partial charge in [-0.1, -0.05) is 0 Å². The molecule has 2 amide bonds. The number of carbonyl (C=O) groups is 2. The molecule has 3 aromatic rings. The lowest BCUT2D eigenvalue weighted by molar-refractivity contribution is -0.144. The number of hydrogen-bond acceptors (Lipinski definition) is 6. The lowest BCUT2D eigenvalue weighted by Crippen LogP contribution is -2.55. The van der Waals surface area contributed by atoms with E-state index in [1.165, 1.54) is 6.20 Å². The molecule has 2 fully saturated rings. The molecule has 0 bridgehead atoms.